The number of likely N-dealkylation sites (tertiary alicyclic amines) is 1. The summed E-state index contributed by atoms with van der Waals surface area (Å²) in [6.45, 7) is 2.56. The van der Waals surface area contributed by atoms with Crippen molar-refractivity contribution in [3.05, 3.63) is 17.5 Å². The first-order chi connectivity index (χ1) is 8.16. The van der Waals surface area contributed by atoms with Gasteiger partial charge in [0.15, 0.2) is 11.5 Å². The fraction of sp³-hybridized carbons (Fsp3) is 0.636. The average molecular weight is 239 g/mol. The summed E-state index contributed by atoms with van der Waals surface area (Å²) in [5, 5.41) is 15.4. The molecular weight excluding hydrogens is 222 g/mol. The molecule has 94 valence electrons. The van der Waals surface area contributed by atoms with Crippen molar-refractivity contribution in [2.75, 3.05) is 20.1 Å². The van der Waals surface area contributed by atoms with Crippen molar-refractivity contribution in [3.63, 3.8) is 0 Å². The van der Waals surface area contributed by atoms with Crippen molar-refractivity contribution in [1.29, 1.82) is 0 Å². The van der Waals surface area contributed by atoms with Crippen molar-refractivity contribution < 1.29 is 14.4 Å². The van der Waals surface area contributed by atoms with Gasteiger partial charge in [-0.1, -0.05) is 5.16 Å². The van der Waals surface area contributed by atoms with Crippen LogP contribution >= 0.6 is 0 Å². The third-order valence-corrected chi connectivity index (χ3v) is 3.13. The number of rotatable bonds is 5. The molecule has 0 radical (unpaired) electrons. The first-order valence-corrected chi connectivity index (χ1v) is 5.76. The van der Waals surface area contributed by atoms with Gasteiger partial charge in [-0.25, -0.2) is 4.79 Å². The van der Waals surface area contributed by atoms with Crippen LogP contribution in [0.15, 0.2) is 10.6 Å². The Morgan fingerprint density at radius 1 is 1.76 bits per heavy atom. The first-order valence-electron chi connectivity index (χ1n) is 5.76. The summed E-state index contributed by atoms with van der Waals surface area (Å²) in [5.74, 6) is -0.501. The highest BCUT2D eigenvalue weighted by Crippen LogP contribution is 2.13. The number of carboxylic acid groups (broad SMARTS) is 1. The zero-order chi connectivity index (χ0) is 12.3. The quantitative estimate of drug-likeness (QED) is 0.781. The maximum Gasteiger partial charge on any atom is 0.358 e. The number of nitrogens with zero attached hydrogens (tertiary/aromatic N) is 2. The lowest BCUT2D eigenvalue weighted by atomic mass is 10.2. The zero-order valence-electron chi connectivity index (χ0n) is 9.85. The molecule has 1 saturated heterocycles. The molecule has 0 aliphatic carbocycles. The van der Waals surface area contributed by atoms with E-state index in [2.05, 4.69) is 22.4 Å². The summed E-state index contributed by atoms with van der Waals surface area (Å²) in [7, 11) is 2.12. The molecule has 0 saturated carbocycles. The van der Waals surface area contributed by atoms with Crippen LogP contribution in [-0.2, 0) is 6.54 Å². The van der Waals surface area contributed by atoms with E-state index < -0.39 is 5.97 Å². The molecule has 0 spiro atoms. The van der Waals surface area contributed by atoms with Gasteiger partial charge >= 0.3 is 5.97 Å². The lowest BCUT2D eigenvalue weighted by Crippen LogP contribution is -2.35. The highest BCUT2D eigenvalue weighted by Gasteiger charge is 2.20. The molecule has 1 unspecified atom stereocenters. The van der Waals surface area contributed by atoms with Gasteiger partial charge < -0.3 is 19.8 Å². The van der Waals surface area contributed by atoms with Gasteiger partial charge in [-0.05, 0) is 26.4 Å². The zero-order valence-corrected chi connectivity index (χ0v) is 9.85. The summed E-state index contributed by atoms with van der Waals surface area (Å²) >= 11 is 0. The molecule has 2 heterocycles. The van der Waals surface area contributed by atoms with Crippen molar-refractivity contribution in [2.24, 2.45) is 0 Å². The molecule has 0 amide bonds. The van der Waals surface area contributed by atoms with E-state index >= 15 is 0 Å². The molecule has 6 heteroatoms. The number of aromatic carboxylic acids is 1. The van der Waals surface area contributed by atoms with Crippen LogP contribution in [0.2, 0.25) is 0 Å². The van der Waals surface area contributed by atoms with Crippen molar-refractivity contribution in [3.8, 4) is 0 Å². The third kappa shape index (κ3) is 3.04. The predicted octanol–water partition coefficient (Wildman–Crippen LogP) is 0.557. The Labute approximate surface area is 99.6 Å². The van der Waals surface area contributed by atoms with Crippen LogP contribution in [-0.4, -0.2) is 47.3 Å². The van der Waals surface area contributed by atoms with E-state index in [1.54, 1.807) is 0 Å². The van der Waals surface area contributed by atoms with Crippen LogP contribution < -0.4 is 5.32 Å². The molecule has 1 fully saturated rings. The van der Waals surface area contributed by atoms with Gasteiger partial charge in [-0.3, -0.25) is 0 Å². The van der Waals surface area contributed by atoms with E-state index in [0.29, 0.717) is 18.3 Å². The van der Waals surface area contributed by atoms with Gasteiger partial charge in [0.25, 0.3) is 0 Å². The number of hydrogen-bond donors (Lipinski definition) is 2. The monoisotopic (exact) mass is 239 g/mol. The molecule has 0 bridgehead atoms. The molecular formula is C11H17N3O3. The Morgan fingerprint density at radius 2 is 2.59 bits per heavy atom. The van der Waals surface area contributed by atoms with Crippen LogP contribution in [0.5, 0.6) is 0 Å². The normalized spacial score (nSPS) is 20.9. The van der Waals surface area contributed by atoms with E-state index in [-0.39, 0.29) is 5.69 Å². The van der Waals surface area contributed by atoms with Gasteiger partial charge in [0.05, 0.1) is 6.54 Å². The Hall–Kier alpha value is -1.40. The van der Waals surface area contributed by atoms with Crippen LogP contribution in [0.25, 0.3) is 0 Å². The van der Waals surface area contributed by atoms with Gasteiger partial charge in [0.1, 0.15) is 0 Å². The SMILES string of the molecule is CN1CCCC1CNCc1cc(C(=O)O)no1. The number of carboxylic acids is 1. The summed E-state index contributed by atoms with van der Waals surface area (Å²) in [6, 6.07) is 2.02. The smallest absolute Gasteiger partial charge is 0.358 e. The summed E-state index contributed by atoms with van der Waals surface area (Å²) in [4.78, 5) is 12.9. The predicted molar refractivity (Wildman–Crippen MR) is 60.8 cm³/mol. The molecule has 0 aromatic carbocycles. The fourth-order valence-corrected chi connectivity index (χ4v) is 2.10. The van der Waals surface area contributed by atoms with Crippen molar-refractivity contribution in [1.82, 2.24) is 15.4 Å². The topological polar surface area (TPSA) is 78.6 Å². The first kappa shape index (κ1) is 12.1. The number of carbonyl (C=O) groups is 1. The number of hydrogen-bond acceptors (Lipinski definition) is 5. The van der Waals surface area contributed by atoms with Crippen LogP contribution in [0.4, 0.5) is 0 Å². The number of likely N-dealkylation sites (N-methyl/N-ethyl adjacent to an activating group) is 1. The van der Waals surface area contributed by atoms with E-state index in [9.17, 15) is 4.79 Å². The molecule has 2 N–H and O–H groups in total. The minimum atomic E-state index is -1.06. The summed E-state index contributed by atoms with van der Waals surface area (Å²) in [5.41, 5.74) is -0.0419. The highest BCUT2D eigenvalue weighted by atomic mass is 16.5. The van der Waals surface area contributed by atoms with Crippen LogP contribution in [0.3, 0.4) is 0 Å². The summed E-state index contributed by atoms with van der Waals surface area (Å²) in [6.07, 6.45) is 2.45. The van der Waals surface area contributed by atoms with E-state index in [4.69, 9.17) is 9.63 Å². The van der Waals surface area contributed by atoms with Gasteiger partial charge in [0.2, 0.25) is 0 Å². The van der Waals surface area contributed by atoms with Gasteiger partial charge in [0, 0.05) is 18.7 Å². The molecule has 1 aromatic heterocycles. The van der Waals surface area contributed by atoms with E-state index in [0.717, 1.165) is 13.1 Å². The minimum Gasteiger partial charge on any atom is -0.476 e. The Bertz CT molecular complexity index is 391. The largest absolute Gasteiger partial charge is 0.476 e. The lowest BCUT2D eigenvalue weighted by molar-refractivity contribution is 0.0685. The molecule has 17 heavy (non-hydrogen) atoms. The number of nitrogens with one attached hydrogen (secondary N) is 1. The Balaban J connectivity index is 1.76. The van der Waals surface area contributed by atoms with Crippen LogP contribution in [0, 0.1) is 0 Å². The lowest BCUT2D eigenvalue weighted by Gasteiger charge is -2.19. The number of aromatic nitrogens is 1. The van der Waals surface area contributed by atoms with Gasteiger partial charge in [-0.2, -0.15) is 0 Å². The van der Waals surface area contributed by atoms with Crippen LogP contribution in [0.1, 0.15) is 29.1 Å². The molecule has 1 atom stereocenters. The fourth-order valence-electron chi connectivity index (χ4n) is 2.10. The average Bonchev–Trinajstić information content (AvgIpc) is 2.89. The van der Waals surface area contributed by atoms with Gasteiger partial charge in [-0.15, -0.1) is 0 Å². The second-order valence-electron chi connectivity index (χ2n) is 4.39. The van der Waals surface area contributed by atoms with E-state index in [1.807, 2.05) is 0 Å². The Kier molecular flexibility index (Phi) is 3.75. The molecule has 1 aliphatic rings. The Morgan fingerprint density at radius 3 is 3.18 bits per heavy atom. The maximum absolute atomic E-state index is 10.6. The highest BCUT2D eigenvalue weighted by molar-refractivity contribution is 5.85. The minimum absolute atomic E-state index is 0.0419. The summed E-state index contributed by atoms with van der Waals surface area (Å²) < 4.78 is 4.91. The molecule has 1 aliphatic heterocycles. The van der Waals surface area contributed by atoms with Crippen molar-refractivity contribution >= 4 is 5.97 Å². The maximum atomic E-state index is 10.6. The standard InChI is InChI=1S/C11H17N3O3/c1-14-4-2-3-8(14)6-12-7-9-5-10(11(15)16)13-17-9/h5,8,12H,2-4,6-7H2,1H3,(H,15,16). The second kappa shape index (κ2) is 5.29. The van der Waals surface area contributed by atoms with Crippen molar-refractivity contribution in [2.45, 2.75) is 25.4 Å². The third-order valence-electron chi connectivity index (χ3n) is 3.13. The second-order valence-corrected chi connectivity index (χ2v) is 4.39. The van der Waals surface area contributed by atoms with E-state index in [1.165, 1.54) is 18.9 Å². The molecule has 2 rings (SSSR count). The molecule has 1 aromatic rings. The molecule has 6 nitrogen and oxygen atoms in total.